The molecule has 0 rings (SSSR count). The highest BCUT2D eigenvalue weighted by atomic mass is 16.7. The molecule has 1 N–H and O–H groups in total. The second kappa shape index (κ2) is 59.0. The Hall–Kier alpha value is -5.09. The molecule has 0 spiro atoms. The maximum Gasteiger partial charge on any atom is 0.361 e. The van der Waals surface area contributed by atoms with E-state index in [1.54, 1.807) is 0 Å². The zero-order chi connectivity index (χ0) is 57.6. The fourth-order valence-corrected chi connectivity index (χ4v) is 7.64. The Kier molecular flexibility index (Phi) is 55.2. The van der Waals surface area contributed by atoms with E-state index in [1.807, 2.05) is 21.1 Å². The number of nitrogens with zero attached hydrogens (tertiary/aromatic N) is 1. The summed E-state index contributed by atoms with van der Waals surface area (Å²) in [7, 11) is 5.94. The van der Waals surface area contributed by atoms with E-state index < -0.39 is 24.3 Å². The Bertz CT molecular complexity index is 1850. The van der Waals surface area contributed by atoms with Gasteiger partial charge >= 0.3 is 17.9 Å². The number of ether oxygens (including phenoxy) is 4. The lowest BCUT2D eigenvalue weighted by Gasteiger charge is -2.25. The number of unbranched alkanes of at least 4 members (excludes halogenated alkanes) is 13. The molecule has 0 aromatic carbocycles. The van der Waals surface area contributed by atoms with Gasteiger partial charge < -0.3 is 28.5 Å². The van der Waals surface area contributed by atoms with Crippen LogP contribution in [0.25, 0.3) is 0 Å². The zero-order valence-electron chi connectivity index (χ0n) is 50.5. The van der Waals surface area contributed by atoms with Gasteiger partial charge in [-0.1, -0.05) is 230 Å². The predicted molar refractivity (Wildman–Crippen MR) is 336 cm³/mol. The van der Waals surface area contributed by atoms with Crippen LogP contribution in [0.5, 0.6) is 0 Å². The Labute approximate surface area is 483 Å². The van der Waals surface area contributed by atoms with E-state index in [2.05, 4.69) is 172 Å². The minimum absolute atomic E-state index is 0.171. The van der Waals surface area contributed by atoms with E-state index >= 15 is 0 Å². The molecule has 0 aromatic rings. The number of likely N-dealkylation sites (N-methyl/N-ethyl adjacent to an activating group) is 1. The molecule has 9 nitrogen and oxygen atoms in total. The number of carbonyl (C=O) groups excluding carboxylic acids is 2. The molecule has 2 atom stereocenters. The number of aliphatic carboxylic acids is 1. The summed E-state index contributed by atoms with van der Waals surface area (Å²) in [6.45, 7) is 4.58. The van der Waals surface area contributed by atoms with Crippen molar-refractivity contribution in [3.05, 3.63) is 158 Å². The van der Waals surface area contributed by atoms with Crippen molar-refractivity contribution < 1.29 is 42.9 Å². The minimum Gasteiger partial charge on any atom is -0.477 e. The lowest BCUT2D eigenvalue weighted by molar-refractivity contribution is -0.870. The number of carbonyl (C=O) groups is 3. The lowest BCUT2D eigenvalue weighted by atomic mass is 10.1. The molecule has 0 heterocycles. The molecule has 9 heteroatoms. The number of hydrogen-bond acceptors (Lipinski definition) is 7. The van der Waals surface area contributed by atoms with Crippen molar-refractivity contribution in [1.82, 2.24) is 0 Å². The summed E-state index contributed by atoms with van der Waals surface area (Å²) in [5.41, 5.74) is 0. The molecule has 0 radical (unpaired) electrons. The zero-order valence-corrected chi connectivity index (χ0v) is 50.5. The highest BCUT2D eigenvalue weighted by molar-refractivity contribution is 5.71. The van der Waals surface area contributed by atoms with Crippen LogP contribution in [0.2, 0.25) is 0 Å². The molecule has 0 aliphatic rings. The first-order chi connectivity index (χ1) is 38.6. The Morgan fingerprint density at radius 1 is 0.380 bits per heavy atom. The van der Waals surface area contributed by atoms with E-state index in [-0.39, 0.29) is 38.6 Å². The number of quaternary nitrogens is 1. The van der Waals surface area contributed by atoms with Gasteiger partial charge in [-0.05, 0) is 122 Å². The fraction of sp³-hybridized carbons (Fsp3) is 0.586. The second-order valence-corrected chi connectivity index (χ2v) is 20.9. The molecule has 79 heavy (non-hydrogen) atoms. The van der Waals surface area contributed by atoms with Crippen molar-refractivity contribution in [3.8, 4) is 0 Å². The van der Waals surface area contributed by atoms with Gasteiger partial charge in [0.2, 0.25) is 0 Å². The maximum atomic E-state index is 12.9. The van der Waals surface area contributed by atoms with E-state index in [0.717, 1.165) is 135 Å². The van der Waals surface area contributed by atoms with Crippen LogP contribution in [0.15, 0.2) is 158 Å². The number of carboxylic acid groups (broad SMARTS) is 1. The SMILES string of the molecule is CC/C=C\C/C=C\C/C=C\C/C=C\C/C=C\C/C=C\C/C=C\CCCCCC(=O)OC(COC(=O)CCCCCCCCCCCC/C=C\C/C=C\C/C=C\C/C=C\C/C=C\C/C=C\CC)COC(OCC[N+](C)(C)C)C(=O)O. The number of rotatable bonds is 54. The highest BCUT2D eigenvalue weighted by Crippen LogP contribution is 2.14. The van der Waals surface area contributed by atoms with Gasteiger partial charge in [0.25, 0.3) is 6.29 Å². The maximum absolute atomic E-state index is 12.9. The summed E-state index contributed by atoms with van der Waals surface area (Å²) in [5, 5.41) is 9.72. The quantitative estimate of drug-likeness (QED) is 0.0211. The molecular formula is C70H112NO8+. The highest BCUT2D eigenvalue weighted by Gasteiger charge is 2.25. The molecular weight excluding hydrogens is 983 g/mol. The van der Waals surface area contributed by atoms with Gasteiger partial charge in [-0.3, -0.25) is 9.59 Å². The van der Waals surface area contributed by atoms with E-state index in [9.17, 15) is 19.5 Å². The smallest absolute Gasteiger partial charge is 0.361 e. The van der Waals surface area contributed by atoms with Crippen LogP contribution >= 0.6 is 0 Å². The van der Waals surface area contributed by atoms with Crippen LogP contribution in [0.1, 0.15) is 206 Å². The third-order valence-corrected chi connectivity index (χ3v) is 12.3. The van der Waals surface area contributed by atoms with Crippen molar-refractivity contribution >= 4 is 17.9 Å². The van der Waals surface area contributed by atoms with Gasteiger partial charge in [0.15, 0.2) is 6.10 Å². The first kappa shape index (κ1) is 73.9. The standard InChI is InChI=1S/C70H111NO8/c1-6-8-10-12-14-16-18-20-22-24-26-28-30-32-33-34-35-37-38-40-42-44-46-48-50-52-54-56-58-60-67(72)77-64-66(65-78-70(69(74)75)76-63-62-71(3,4)5)79-68(73)61-59-57-55-53-51-49-47-45-43-41-39-36-31-29-27-25-23-21-19-17-15-13-11-9-7-2/h8-11,14-17,20-23,26-29,32-33,35-37,39,43,45,49,51,66,70H,6-7,12-13,18-19,24-25,30-31,34,38,40-42,44,46-48,50,52-65H2,1-5H3/p+1/b10-8-,11-9-,16-14-,17-15-,22-20-,23-21-,28-26-,29-27-,33-32-,37-35-,39-36-,45-43-,51-49-. The number of carboxylic acids is 1. The molecule has 0 saturated heterocycles. The second-order valence-electron chi connectivity index (χ2n) is 20.9. The van der Waals surface area contributed by atoms with Crippen LogP contribution in [0.4, 0.5) is 0 Å². The van der Waals surface area contributed by atoms with Crippen molar-refractivity contribution in [2.24, 2.45) is 0 Å². The average molecular weight is 1100 g/mol. The van der Waals surface area contributed by atoms with Gasteiger partial charge in [0, 0.05) is 12.8 Å². The predicted octanol–water partition coefficient (Wildman–Crippen LogP) is 18.6. The molecule has 2 unspecified atom stereocenters. The monoisotopic (exact) mass is 1090 g/mol. The fourth-order valence-electron chi connectivity index (χ4n) is 7.64. The van der Waals surface area contributed by atoms with Gasteiger partial charge in [0.05, 0.1) is 34.4 Å². The van der Waals surface area contributed by atoms with Crippen molar-refractivity contribution in [3.63, 3.8) is 0 Å². The van der Waals surface area contributed by atoms with E-state index in [0.29, 0.717) is 17.4 Å². The lowest BCUT2D eigenvalue weighted by Crippen LogP contribution is -2.40. The summed E-state index contributed by atoms with van der Waals surface area (Å²) >= 11 is 0. The van der Waals surface area contributed by atoms with Gasteiger partial charge in [-0.25, -0.2) is 4.79 Å². The average Bonchev–Trinajstić information content (AvgIpc) is 3.42. The topological polar surface area (TPSA) is 108 Å². The van der Waals surface area contributed by atoms with Gasteiger partial charge in [-0.2, -0.15) is 0 Å². The van der Waals surface area contributed by atoms with E-state index in [1.165, 1.54) is 38.5 Å². The van der Waals surface area contributed by atoms with Crippen LogP contribution in [-0.4, -0.2) is 87.4 Å². The Morgan fingerprint density at radius 3 is 1.03 bits per heavy atom. The first-order valence-corrected chi connectivity index (χ1v) is 30.6. The molecule has 0 aliphatic carbocycles. The summed E-state index contributed by atoms with van der Waals surface area (Å²) in [6.07, 6.45) is 84.6. The number of allylic oxidation sites excluding steroid dienone is 26. The van der Waals surface area contributed by atoms with Crippen LogP contribution in [-0.2, 0) is 33.3 Å². The van der Waals surface area contributed by atoms with Crippen LogP contribution < -0.4 is 0 Å². The van der Waals surface area contributed by atoms with E-state index in [4.69, 9.17) is 18.9 Å². The summed E-state index contributed by atoms with van der Waals surface area (Å²) in [4.78, 5) is 37.5. The van der Waals surface area contributed by atoms with Crippen LogP contribution in [0, 0.1) is 0 Å². The molecule has 0 bridgehead atoms. The third-order valence-electron chi connectivity index (χ3n) is 12.3. The normalized spacial score (nSPS) is 13.9. The summed E-state index contributed by atoms with van der Waals surface area (Å²) in [5.74, 6) is -2.08. The third kappa shape index (κ3) is 60.4. The first-order valence-electron chi connectivity index (χ1n) is 30.6. The molecule has 0 saturated carbocycles. The Balaban J connectivity index is 4.33. The van der Waals surface area contributed by atoms with Gasteiger partial charge in [-0.15, -0.1) is 0 Å². The number of hydrogen-bond donors (Lipinski definition) is 1. The van der Waals surface area contributed by atoms with Crippen molar-refractivity contribution in [2.45, 2.75) is 219 Å². The minimum atomic E-state index is -1.53. The van der Waals surface area contributed by atoms with Crippen molar-refractivity contribution in [2.75, 3.05) is 47.5 Å². The Morgan fingerprint density at radius 2 is 0.684 bits per heavy atom. The molecule has 0 aliphatic heterocycles. The summed E-state index contributed by atoms with van der Waals surface area (Å²) in [6, 6.07) is 0. The van der Waals surface area contributed by atoms with Crippen molar-refractivity contribution in [1.29, 1.82) is 0 Å². The van der Waals surface area contributed by atoms with Gasteiger partial charge in [0.1, 0.15) is 13.2 Å². The molecule has 0 aromatic heterocycles. The largest absolute Gasteiger partial charge is 0.477 e. The number of esters is 2. The van der Waals surface area contributed by atoms with Crippen LogP contribution in [0.3, 0.4) is 0 Å². The molecule has 444 valence electrons. The molecule has 0 fully saturated rings. The molecule has 0 amide bonds. The summed E-state index contributed by atoms with van der Waals surface area (Å²) < 4.78 is 22.9.